The van der Waals surface area contributed by atoms with Gasteiger partial charge in [-0.15, -0.1) is 6.58 Å². The molecule has 3 atom stereocenters. The second kappa shape index (κ2) is 13.2. The first-order valence-corrected chi connectivity index (χ1v) is 16.4. The lowest BCUT2D eigenvalue weighted by atomic mass is 9.99. The molecule has 14 heteroatoms. The van der Waals surface area contributed by atoms with Gasteiger partial charge in [0, 0.05) is 48.4 Å². The van der Waals surface area contributed by atoms with E-state index in [1.54, 1.807) is 47.3 Å². The highest BCUT2D eigenvalue weighted by molar-refractivity contribution is 9.10. The van der Waals surface area contributed by atoms with Gasteiger partial charge in [0.2, 0.25) is 11.8 Å². The molecule has 2 fully saturated rings. The first-order valence-electron chi connectivity index (χ1n) is 15.6. The molecule has 0 unspecified atom stereocenters. The van der Waals surface area contributed by atoms with E-state index in [2.05, 4.69) is 47.9 Å². The number of amides is 2. The summed E-state index contributed by atoms with van der Waals surface area (Å²) < 4.78 is 29.0. The van der Waals surface area contributed by atoms with Crippen LogP contribution in [0, 0.1) is 12.8 Å². The standard InChI is InChI=1S/C34H35BrF2N8O3/c1-5-6-26-19(2)11-28(33(48)41-32-23(8-10-29(35)40-32)15-43-17-34(36,37)18-43)45(26)30(47)16-44-27-9-7-22(24-13-38-21(4)39-14-24)12-25(27)31(42-44)20(3)46/h5,7-10,12-14,19,26,28H,1,6,11,15-18H2,2-4H3,(H,40,41,48)/t19-,26+,28-/m0/s1. The Kier molecular flexibility index (Phi) is 9.22. The molecular weight excluding hydrogens is 686 g/mol. The minimum absolute atomic E-state index is 0.0256. The number of ketones is 1. The van der Waals surface area contributed by atoms with Crippen molar-refractivity contribution in [1.29, 1.82) is 0 Å². The van der Waals surface area contributed by atoms with Crippen molar-refractivity contribution >= 4 is 50.2 Å². The van der Waals surface area contributed by atoms with Gasteiger partial charge < -0.3 is 10.2 Å². The van der Waals surface area contributed by atoms with Crippen LogP contribution in [0.3, 0.4) is 0 Å². The first-order chi connectivity index (χ1) is 22.8. The minimum atomic E-state index is -2.73. The van der Waals surface area contributed by atoms with Crippen LogP contribution in [0.2, 0.25) is 0 Å². The van der Waals surface area contributed by atoms with Gasteiger partial charge in [0.05, 0.1) is 18.6 Å². The quantitative estimate of drug-likeness (QED) is 0.131. The van der Waals surface area contributed by atoms with Crippen LogP contribution >= 0.6 is 15.9 Å². The molecule has 2 saturated heterocycles. The van der Waals surface area contributed by atoms with Crippen LogP contribution < -0.4 is 5.32 Å². The number of halogens is 3. The molecule has 5 heterocycles. The predicted molar refractivity (Wildman–Crippen MR) is 179 cm³/mol. The number of aryl methyl sites for hydroxylation is 1. The highest BCUT2D eigenvalue weighted by Gasteiger charge is 2.46. The zero-order valence-electron chi connectivity index (χ0n) is 26.8. The number of nitrogens with one attached hydrogen (secondary N) is 1. The normalized spacial score (nSPS) is 20.5. The summed E-state index contributed by atoms with van der Waals surface area (Å²) in [6.07, 6.45) is 6.02. The summed E-state index contributed by atoms with van der Waals surface area (Å²) in [4.78, 5) is 56.9. The summed E-state index contributed by atoms with van der Waals surface area (Å²) in [6.45, 7) is 8.35. The van der Waals surface area contributed by atoms with E-state index in [9.17, 15) is 23.2 Å². The lowest BCUT2D eigenvalue weighted by Gasteiger charge is -2.38. The van der Waals surface area contributed by atoms with Gasteiger partial charge in [0.1, 0.15) is 34.5 Å². The number of likely N-dealkylation sites (tertiary alicyclic amines) is 2. The molecule has 1 N–H and O–H groups in total. The van der Waals surface area contributed by atoms with Gasteiger partial charge in [0.25, 0.3) is 5.92 Å². The zero-order valence-corrected chi connectivity index (χ0v) is 28.4. The lowest BCUT2D eigenvalue weighted by Crippen LogP contribution is -2.55. The van der Waals surface area contributed by atoms with Crippen molar-refractivity contribution in [1.82, 2.24) is 34.5 Å². The van der Waals surface area contributed by atoms with Crippen LogP contribution in [-0.4, -0.2) is 83.2 Å². The van der Waals surface area contributed by atoms with Crippen molar-refractivity contribution in [2.45, 2.75) is 64.7 Å². The van der Waals surface area contributed by atoms with E-state index >= 15 is 0 Å². The molecule has 0 bridgehead atoms. The zero-order chi connectivity index (χ0) is 34.3. The molecule has 48 heavy (non-hydrogen) atoms. The van der Waals surface area contributed by atoms with Gasteiger partial charge in [-0.2, -0.15) is 5.10 Å². The number of nitrogens with zero attached hydrogens (tertiary/aromatic N) is 7. The molecule has 2 aliphatic heterocycles. The van der Waals surface area contributed by atoms with Crippen LogP contribution in [0.15, 0.2) is 60.0 Å². The average Bonchev–Trinajstić information content (AvgIpc) is 3.55. The predicted octanol–water partition coefficient (Wildman–Crippen LogP) is 5.43. The number of benzene rings is 1. The number of pyridine rings is 1. The van der Waals surface area contributed by atoms with E-state index in [0.29, 0.717) is 39.7 Å². The van der Waals surface area contributed by atoms with Gasteiger partial charge in [-0.05, 0) is 65.4 Å². The maximum Gasteiger partial charge on any atom is 0.272 e. The molecular formula is C34H35BrF2N8O3. The fourth-order valence-electron chi connectivity index (χ4n) is 6.59. The number of carbonyl (C=O) groups excluding carboxylic acids is 3. The molecule has 1 aromatic carbocycles. The number of aromatic nitrogens is 5. The monoisotopic (exact) mass is 720 g/mol. The highest BCUT2D eigenvalue weighted by atomic mass is 79.9. The number of carbonyl (C=O) groups is 3. The summed E-state index contributed by atoms with van der Waals surface area (Å²) >= 11 is 3.34. The van der Waals surface area contributed by atoms with Gasteiger partial charge in [-0.3, -0.25) is 24.0 Å². The van der Waals surface area contributed by atoms with E-state index in [1.165, 1.54) is 11.6 Å². The van der Waals surface area contributed by atoms with Crippen molar-refractivity contribution in [3.05, 3.63) is 77.1 Å². The van der Waals surface area contributed by atoms with Crippen molar-refractivity contribution in [3.8, 4) is 11.1 Å². The van der Waals surface area contributed by atoms with E-state index in [4.69, 9.17) is 0 Å². The smallest absolute Gasteiger partial charge is 0.272 e. The maximum absolute atomic E-state index is 14.2. The Labute approximate surface area is 284 Å². The topological polar surface area (TPSA) is 126 Å². The highest BCUT2D eigenvalue weighted by Crippen LogP contribution is 2.35. The Balaban J connectivity index is 1.27. The maximum atomic E-state index is 14.2. The number of hydrogen-bond donors (Lipinski definition) is 1. The fraction of sp³-hybridized carbons (Fsp3) is 0.382. The third-order valence-corrected chi connectivity index (χ3v) is 9.36. The van der Waals surface area contributed by atoms with E-state index in [-0.39, 0.29) is 61.3 Å². The number of anilines is 1. The second-order valence-corrected chi connectivity index (χ2v) is 13.4. The third kappa shape index (κ3) is 6.76. The van der Waals surface area contributed by atoms with Crippen molar-refractivity contribution in [3.63, 3.8) is 0 Å². The Morgan fingerprint density at radius 3 is 2.52 bits per heavy atom. The van der Waals surface area contributed by atoms with Gasteiger partial charge in [-0.1, -0.05) is 25.1 Å². The van der Waals surface area contributed by atoms with Crippen LogP contribution in [0.4, 0.5) is 14.6 Å². The Morgan fingerprint density at radius 1 is 1.12 bits per heavy atom. The summed E-state index contributed by atoms with van der Waals surface area (Å²) in [5.74, 6) is -2.89. The molecule has 6 rings (SSSR count). The van der Waals surface area contributed by atoms with Gasteiger partial charge in [0.15, 0.2) is 5.78 Å². The summed E-state index contributed by atoms with van der Waals surface area (Å²) in [6, 6.07) is 7.81. The van der Waals surface area contributed by atoms with E-state index in [1.807, 2.05) is 25.1 Å². The molecule has 2 amide bonds. The summed E-state index contributed by atoms with van der Waals surface area (Å²) in [5, 5.41) is 8.02. The van der Waals surface area contributed by atoms with Crippen molar-refractivity contribution in [2.75, 3.05) is 18.4 Å². The van der Waals surface area contributed by atoms with Crippen LogP contribution in [0.1, 0.15) is 48.6 Å². The minimum Gasteiger partial charge on any atom is -0.325 e. The Bertz CT molecular complexity index is 1910. The molecule has 0 radical (unpaired) electrons. The number of rotatable bonds is 10. The molecule has 0 aliphatic carbocycles. The molecule has 250 valence electrons. The Hall–Kier alpha value is -4.43. The van der Waals surface area contributed by atoms with E-state index in [0.717, 1.165) is 11.1 Å². The van der Waals surface area contributed by atoms with Crippen LogP contribution in [0.25, 0.3) is 22.0 Å². The Morgan fingerprint density at radius 2 is 1.85 bits per heavy atom. The fourth-order valence-corrected chi connectivity index (χ4v) is 6.90. The SMILES string of the molecule is C=CC[C@@H]1[C@@H](C)C[C@@H](C(=O)Nc2nc(Br)ccc2CN2CC(F)(F)C2)N1C(=O)Cn1nc(C(C)=O)c2cc(-c3cnc(C)nc3)ccc21. The van der Waals surface area contributed by atoms with Gasteiger partial charge in [-0.25, -0.2) is 23.7 Å². The molecule has 4 aromatic rings. The van der Waals surface area contributed by atoms with Crippen molar-refractivity contribution < 1.29 is 23.2 Å². The molecule has 11 nitrogen and oxygen atoms in total. The lowest BCUT2D eigenvalue weighted by molar-refractivity contribution is -0.139. The second-order valence-electron chi connectivity index (χ2n) is 12.6. The van der Waals surface area contributed by atoms with E-state index < -0.39 is 17.9 Å². The molecule has 3 aromatic heterocycles. The van der Waals surface area contributed by atoms with Crippen molar-refractivity contribution in [2.24, 2.45) is 5.92 Å². The first kappa shape index (κ1) is 33.5. The number of hydrogen-bond acceptors (Lipinski definition) is 8. The van der Waals surface area contributed by atoms with Crippen LogP contribution in [-0.2, 0) is 22.7 Å². The molecule has 0 saturated carbocycles. The average molecular weight is 722 g/mol. The number of Topliss-reactive ketones (excluding diaryl/α,β-unsaturated/α-hetero) is 1. The summed E-state index contributed by atoms with van der Waals surface area (Å²) in [7, 11) is 0. The molecule has 0 spiro atoms. The third-order valence-electron chi connectivity index (χ3n) is 8.92. The summed E-state index contributed by atoms with van der Waals surface area (Å²) in [5.41, 5.74) is 2.99. The number of alkyl halides is 2. The van der Waals surface area contributed by atoms with Crippen LogP contribution in [0.5, 0.6) is 0 Å². The number of fused-ring (bicyclic) bond motifs is 1. The molecule has 2 aliphatic rings. The largest absolute Gasteiger partial charge is 0.325 e. The van der Waals surface area contributed by atoms with Gasteiger partial charge >= 0.3 is 0 Å².